The maximum atomic E-state index is 11.6. The predicted octanol–water partition coefficient (Wildman–Crippen LogP) is 1.01. The Hall–Kier alpha value is -0.650. The van der Waals surface area contributed by atoms with E-state index < -0.39 is 0 Å². The summed E-state index contributed by atoms with van der Waals surface area (Å²) in [6.45, 7) is 6.95. The van der Waals surface area contributed by atoms with Gasteiger partial charge < -0.3 is 15.2 Å². The van der Waals surface area contributed by atoms with Gasteiger partial charge in [0.25, 0.3) is 0 Å². The summed E-state index contributed by atoms with van der Waals surface area (Å²) in [6, 6.07) is 0. The molecule has 0 aliphatic heterocycles. The fourth-order valence-corrected chi connectivity index (χ4v) is 1.67. The number of nitrogens with one attached hydrogen (secondary N) is 1. The third kappa shape index (κ3) is 13.6. The van der Waals surface area contributed by atoms with Crippen LogP contribution in [0.2, 0.25) is 0 Å². The Kier molecular flexibility index (Phi) is 12.0. The Morgan fingerprint density at radius 3 is 2.63 bits per heavy atom. The van der Waals surface area contributed by atoms with E-state index in [-0.39, 0.29) is 18.6 Å². The number of carbonyl (C=O) groups is 1. The summed E-state index contributed by atoms with van der Waals surface area (Å²) in [5.74, 6) is 0.0641. The molecule has 0 heterocycles. The monoisotopic (exact) mass is 274 g/mol. The Bertz CT molecular complexity index is 223. The minimum atomic E-state index is 0.0641. The number of unbranched alkanes of at least 4 members (excludes halogenated alkanes) is 2. The summed E-state index contributed by atoms with van der Waals surface area (Å²) >= 11 is 0. The van der Waals surface area contributed by atoms with Gasteiger partial charge in [-0.3, -0.25) is 9.69 Å². The number of hydrogen-bond donors (Lipinski definition) is 2. The van der Waals surface area contributed by atoms with Crippen molar-refractivity contribution in [2.24, 2.45) is 0 Å². The first kappa shape index (κ1) is 18.4. The molecule has 0 rings (SSSR count). The quantitative estimate of drug-likeness (QED) is 0.522. The van der Waals surface area contributed by atoms with Crippen molar-refractivity contribution in [2.75, 3.05) is 39.9 Å². The molecule has 0 aliphatic rings. The second kappa shape index (κ2) is 12.4. The van der Waals surface area contributed by atoms with E-state index >= 15 is 0 Å². The highest BCUT2D eigenvalue weighted by Gasteiger charge is 2.05. The van der Waals surface area contributed by atoms with Gasteiger partial charge in [0.05, 0.1) is 12.6 Å². The molecule has 0 aromatic heterocycles. The predicted molar refractivity (Wildman–Crippen MR) is 77.1 cm³/mol. The number of ether oxygens (including phenoxy) is 1. The van der Waals surface area contributed by atoms with Gasteiger partial charge >= 0.3 is 0 Å². The summed E-state index contributed by atoms with van der Waals surface area (Å²) in [6.07, 6.45) is 3.97. The minimum absolute atomic E-state index is 0.0641. The highest BCUT2D eigenvalue weighted by atomic mass is 16.5. The summed E-state index contributed by atoms with van der Waals surface area (Å²) in [5, 5.41) is 11.6. The maximum Gasteiger partial charge on any atom is 0.234 e. The number of rotatable bonds is 12. The fraction of sp³-hybridized carbons (Fsp3) is 0.929. The molecule has 1 amide bonds. The van der Waals surface area contributed by atoms with Gasteiger partial charge in [-0.1, -0.05) is 0 Å². The number of amides is 1. The molecule has 5 heteroatoms. The molecule has 0 saturated heterocycles. The third-order valence-corrected chi connectivity index (χ3v) is 2.71. The Balaban J connectivity index is 3.41. The van der Waals surface area contributed by atoms with E-state index in [0.717, 1.165) is 32.2 Å². The van der Waals surface area contributed by atoms with Crippen LogP contribution in [0.1, 0.15) is 39.5 Å². The zero-order valence-electron chi connectivity index (χ0n) is 12.7. The number of carbonyl (C=O) groups excluding carboxylic acids is 1. The van der Waals surface area contributed by atoms with Crippen molar-refractivity contribution < 1.29 is 14.6 Å². The van der Waals surface area contributed by atoms with Crippen molar-refractivity contribution in [1.29, 1.82) is 0 Å². The van der Waals surface area contributed by atoms with Crippen LogP contribution in [0.25, 0.3) is 0 Å². The van der Waals surface area contributed by atoms with Crippen molar-refractivity contribution in [3.8, 4) is 0 Å². The first-order valence-corrected chi connectivity index (χ1v) is 7.24. The van der Waals surface area contributed by atoms with Crippen molar-refractivity contribution >= 4 is 5.91 Å². The smallest absolute Gasteiger partial charge is 0.234 e. The zero-order chi connectivity index (χ0) is 14.5. The number of nitrogens with zero attached hydrogens (tertiary/aromatic N) is 1. The molecule has 0 atom stereocenters. The molecule has 0 aromatic rings. The molecule has 0 bridgehead atoms. The van der Waals surface area contributed by atoms with E-state index in [4.69, 9.17) is 9.84 Å². The average molecular weight is 274 g/mol. The lowest BCUT2D eigenvalue weighted by atomic mass is 10.2. The molecule has 0 aliphatic carbocycles. The number of aliphatic hydroxyl groups is 1. The molecular weight excluding hydrogens is 244 g/mol. The Morgan fingerprint density at radius 2 is 2.00 bits per heavy atom. The van der Waals surface area contributed by atoms with E-state index in [2.05, 4.69) is 5.32 Å². The normalized spacial score (nSPS) is 11.3. The van der Waals surface area contributed by atoms with Crippen molar-refractivity contribution in [3.63, 3.8) is 0 Å². The Morgan fingerprint density at radius 1 is 1.26 bits per heavy atom. The molecular formula is C14H30N2O3. The van der Waals surface area contributed by atoms with Crippen molar-refractivity contribution in [3.05, 3.63) is 0 Å². The molecule has 0 saturated carbocycles. The van der Waals surface area contributed by atoms with Crippen molar-refractivity contribution in [2.45, 2.75) is 45.6 Å². The average Bonchev–Trinajstić information content (AvgIpc) is 2.34. The van der Waals surface area contributed by atoms with Crippen LogP contribution in [-0.4, -0.2) is 61.9 Å². The standard InChI is InChI=1S/C14H30N2O3/c1-13(2)19-11-7-8-15-14(18)12-16(3)9-5-4-6-10-17/h13,17H,4-12H2,1-3H3,(H,15,18). The van der Waals surface area contributed by atoms with Crippen LogP contribution in [0.3, 0.4) is 0 Å². The van der Waals surface area contributed by atoms with Gasteiger partial charge in [-0.15, -0.1) is 0 Å². The van der Waals surface area contributed by atoms with E-state index in [1.54, 1.807) is 0 Å². The highest BCUT2D eigenvalue weighted by Crippen LogP contribution is 1.96. The van der Waals surface area contributed by atoms with Crippen LogP contribution < -0.4 is 5.32 Å². The summed E-state index contributed by atoms with van der Waals surface area (Å²) in [4.78, 5) is 13.6. The van der Waals surface area contributed by atoms with E-state index in [9.17, 15) is 4.79 Å². The number of likely N-dealkylation sites (N-methyl/N-ethyl adjacent to an activating group) is 1. The van der Waals surface area contributed by atoms with Gasteiger partial charge in [0, 0.05) is 19.8 Å². The first-order valence-electron chi connectivity index (χ1n) is 7.24. The van der Waals surface area contributed by atoms with E-state index in [1.165, 1.54) is 0 Å². The van der Waals surface area contributed by atoms with E-state index in [1.807, 2.05) is 25.8 Å². The topological polar surface area (TPSA) is 61.8 Å². The lowest BCUT2D eigenvalue weighted by Gasteiger charge is -2.16. The maximum absolute atomic E-state index is 11.6. The molecule has 19 heavy (non-hydrogen) atoms. The molecule has 0 spiro atoms. The second-order valence-corrected chi connectivity index (χ2v) is 5.15. The van der Waals surface area contributed by atoms with E-state index in [0.29, 0.717) is 19.7 Å². The number of aliphatic hydroxyl groups excluding tert-OH is 1. The van der Waals surface area contributed by atoms with Crippen LogP contribution in [0.4, 0.5) is 0 Å². The molecule has 0 fully saturated rings. The van der Waals surface area contributed by atoms with Crippen LogP contribution in [-0.2, 0) is 9.53 Å². The minimum Gasteiger partial charge on any atom is -0.396 e. The summed E-state index contributed by atoms with van der Waals surface area (Å²) in [5.41, 5.74) is 0. The van der Waals surface area contributed by atoms with Gasteiger partial charge in [0.2, 0.25) is 5.91 Å². The molecule has 0 radical (unpaired) electrons. The zero-order valence-corrected chi connectivity index (χ0v) is 12.7. The molecule has 2 N–H and O–H groups in total. The lowest BCUT2D eigenvalue weighted by Crippen LogP contribution is -2.36. The van der Waals surface area contributed by atoms with Crippen LogP contribution in [0.15, 0.2) is 0 Å². The molecule has 0 unspecified atom stereocenters. The van der Waals surface area contributed by atoms with Crippen LogP contribution in [0.5, 0.6) is 0 Å². The summed E-state index contributed by atoms with van der Waals surface area (Å²) < 4.78 is 5.40. The van der Waals surface area contributed by atoms with Gasteiger partial charge in [0.1, 0.15) is 0 Å². The molecule has 0 aromatic carbocycles. The fourth-order valence-electron chi connectivity index (χ4n) is 1.67. The van der Waals surface area contributed by atoms with Gasteiger partial charge in [-0.05, 0) is 53.1 Å². The van der Waals surface area contributed by atoms with Crippen molar-refractivity contribution in [1.82, 2.24) is 10.2 Å². The van der Waals surface area contributed by atoms with Gasteiger partial charge in [-0.25, -0.2) is 0 Å². The molecule has 5 nitrogen and oxygen atoms in total. The number of hydrogen-bond acceptors (Lipinski definition) is 4. The second-order valence-electron chi connectivity index (χ2n) is 5.15. The first-order chi connectivity index (χ1) is 9.06. The summed E-state index contributed by atoms with van der Waals surface area (Å²) in [7, 11) is 1.94. The lowest BCUT2D eigenvalue weighted by molar-refractivity contribution is -0.122. The third-order valence-electron chi connectivity index (χ3n) is 2.71. The van der Waals surface area contributed by atoms with Gasteiger partial charge in [0.15, 0.2) is 0 Å². The highest BCUT2D eigenvalue weighted by molar-refractivity contribution is 5.77. The largest absolute Gasteiger partial charge is 0.396 e. The molecule has 114 valence electrons. The van der Waals surface area contributed by atoms with Crippen LogP contribution in [0, 0.1) is 0 Å². The SMILES string of the molecule is CC(C)OCCCNC(=O)CN(C)CCCCCO. The van der Waals surface area contributed by atoms with Crippen LogP contribution >= 0.6 is 0 Å². The Labute approximate surface area is 117 Å². The van der Waals surface area contributed by atoms with Gasteiger partial charge in [-0.2, -0.15) is 0 Å².